The maximum Gasteiger partial charge on any atom is 0.119 e. The fourth-order valence-electron chi connectivity index (χ4n) is 0.838. The quantitative estimate of drug-likeness (QED) is 0.728. The molecule has 0 aliphatic rings. The summed E-state index contributed by atoms with van der Waals surface area (Å²) >= 11 is 0. The van der Waals surface area contributed by atoms with Crippen molar-refractivity contribution in [2.24, 2.45) is 0 Å². The van der Waals surface area contributed by atoms with Crippen molar-refractivity contribution in [3.8, 4) is 0 Å². The van der Waals surface area contributed by atoms with Gasteiger partial charge in [-0.3, -0.25) is 0 Å². The molecule has 0 spiro atoms. The second kappa shape index (κ2) is 4.67. The Kier molecular flexibility index (Phi) is 3.48. The van der Waals surface area contributed by atoms with E-state index in [0.717, 1.165) is 5.56 Å². The standard InChI is InChI=1S/C10H11FO/c11-8-10(12)7-6-9-4-2-1-3-5-9/h1-7,10,12H,8H2/b7-6+. The van der Waals surface area contributed by atoms with E-state index in [0.29, 0.717) is 0 Å². The number of alkyl halides is 1. The molecular weight excluding hydrogens is 155 g/mol. The van der Waals surface area contributed by atoms with Crippen molar-refractivity contribution in [1.29, 1.82) is 0 Å². The van der Waals surface area contributed by atoms with Gasteiger partial charge in [0.2, 0.25) is 0 Å². The predicted octanol–water partition coefficient (Wildman–Crippen LogP) is 2.03. The molecule has 1 atom stereocenters. The van der Waals surface area contributed by atoms with Gasteiger partial charge in [-0.05, 0) is 5.56 Å². The Labute approximate surface area is 71.2 Å². The summed E-state index contributed by atoms with van der Waals surface area (Å²) in [7, 11) is 0. The van der Waals surface area contributed by atoms with Crippen LogP contribution in [-0.2, 0) is 0 Å². The Morgan fingerprint density at radius 3 is 2.58 bits per heavy atom. The van der Waals surface area contributed by atoms with E-state index in [2.05, 4.69) is 0 Å². The van der Waals surface area contributed by atoms with Crippen molar-refractivity contribution >= 4 is 6.08 Å². The van der Waals surface area contributed by atoms with Crippen LogP contribution in [0.1, 0.15) is 5.56 Å². The van der Waals surface area contributed by atoms with E-state index in [1.165, 1.54) is 6.08 Å². The minimum absolute atomic E-state index is 0.733. The topological polar surface area (TPSA) is 20.2 Å². The van der Waals surface area contributed by atoms with Crippen molar-refractivity contribution in [2.45, 2.75) is 6.10 Å². The number of hydrogen-bond acceptors (Lipinski definition) is 1. The fourth-order valence-corrected chi connectivity index (χ4v) is 0.838. The van der Waals surface area contributed by atoms with E-state index in [-0.39, 0.29) is 0 Å². The van der Waals surface area contributed by atoms with Crippen molar-refractivity contribution in [3.63, 3.8) is 0 Å². The smallest absolute Gasteiger partial charge is 0.119 e. The fraction of sp³-hybridized carbons (Fsp3) is 0.200. The number of halogens is 1. The normalized spacial score (nSPS) is 13.5. The number of aliphatic hydroxyl groups excluding tert-OH is 1. The van der Waals surface area contributed by atoms with Gasteiger partial charge in [-0.1, -0.05) is 42.5 Å². The monoisotopic (exact) mass is 166 g/mol. The summed E-state index contributed by atoms with van der Waals surface area (Å²) in [5, 5.41) is 8.86. The molecule has 64 valence electrons. The molecule has 0 heterocycles. The Morgan fingerprint density at radius 2 is 2.00 bits per heavy atom. The molecule has 1 nitrogen and oxygen atoms in total. The number of benzene rings is 1. The zero-order valence-corrected chi connectivity index (χ0v) is 6.65. The average molecular weight is 166 g/mol. The van der Waals surface area contributed by atoms with Crippen LogP contribution >= 0.6 is 0 Å². The molecule has 0 bridgehead atoms. The molecular formula is C10H11FO. The maximum atomic E-state index is 11.8. The third-order valence-electron chi connectivity index (χ3n) is 1.47. The van der Waals surface area contributed by atoms with Crippen LogP contribution < -0.4 is 0 Å². The van der Waals surface area contributed by atoms with Crippen LogP contribution in [0.15, 0.2) is 36.4 Å². The van der Waals surface area contributed by atoms with E-state index >= 15 is 0 Å². The lowest BCUT2D eigenvalue weighted by molar-refractivity contribution is 0.184. The Morgan fingerprint density at radius 1 is 1.33 bits per heavy atom. The molecule has 12 heavy (non-hydrogen) atoms. The molecule has 1 aromatic rings. The molecule has 0 amide bonds. The van der Waals surface area contributed by atoms with Gasteiger partial charge < -0.3 is 5.11 Å². The average Bonchev–Trinajstić information content (AvgIpc) is 2.16. The maximum absolute atomic E-state index is 11.8. The molecule has 2 heteroatoms. The second-order valence-corrected chi connectivity index (χ2v) is 2.49. The molecule has 0 aliphatic heterocycles. The van der Waals surface area contributed by atoms with Crippen LogP contribution in [0.25, 0.3) is 6.08 Å². The lowest BCUT2D eigenvalue weighted by Gasteiger charge is -1.96. The van der Waals surface area contributed by atoms with Crippen molar-refractivity contribution in [1.82, 2.24) is 0 Å². The van der Waals surface area contributed by atoms with Crippen LogP contribution in [0.2, 0.25) is 0 Å². The summed E-state index contributed by atoms with van der Waals surface area (Å²) < 4.78 is 11.8. The second-order valence-electron chi connectivity index (χ2n) is 2.49. The van der Waals surface area contributed by atoms with Crippen molar-refractivity contribution < 1.29 is 9.50 Å². The Balaban J connectivity index is 2.58. The van der Waals surface area contributed by atoms with E-state index < -0.39 is 12.8 Å². The first-order chi connectivity index (χ1) is 5.83. The molecule has 0 radical (unpaired) electrons. The first-order valence-electron chi connectivity index (χ1n) is 3.80. The van der Waals surface area contributed by atoms with Gasteiger partial charge in [0, 0.05) is 0 Å². The first-order valence-corrected chi connectivity index (χ1v) is 3.80. The third kappa shape index (κ3) is 2.84. The highest BCUT2D eigenvalue weighted by Crippen LogP contribution is 2.01. The Hall–Kier alpha value is -1.15. The molecule has 1 N–H and O–H groups in total. The molecule has 0 aromatic heterocycles. The summed E-state index contributed by atoms with van der Waals surface area (Å²) in [5.74, 6) is 0. The van der Waals surface area contributed by atoms with Crippen LogP contribution in [0, 0.1) is 0 Å². The summed E-state index contributed by atoms with van der Waals surface area (Å²) in [6.45, 7) is -0.733. The summed E-state index contributed by atoms with van der Waals surface area (Å²) in [4.78, 5) is 0. The number of aliphatic hydroxyl groups is 1. The summed E-state index contributed by atoms with van der Waals surface area (Å²) in [6, 6.07) is 9.47. The number of rotatable bonds is 3. The molecule has 0 fully saturated rings. The van der Waals surface area contributed by atoms with Crippen LogP contribution in [-0.4, -0.2) is 17.9 Å². The lowest BCUT2D eigenvalue weighted by Crippen LogP contribution is -2.02. The number of hydrogen-bond donors (Lipinski definition) is 1. The van der Waals surface area contributed by atoms with Crippen LogP contribution in [0.5, 0.6) is 0 Å². The van der Waals surface area contributed by atoms with Gasteiger partial charge in [-0.25, -0.2) is 4.39 Å². The zero-order chi connectivity index (χ0) is 8.81. The third-order valence-corrected chi connectivity index (χ3v) is 1.47. The molecule has 1 aromatic carbocycles. The highest BCUT2D eigenvalue weighted by Gasteiger charge is 1.94. The predicted molar refractivity (Wildman–Crippen MR) is 47.5 cm³/mol. The molecule has 0 saturated heterocycles. The van der Waals surface area contributed by atoms with Gasteiger partial charge in [0.1, 0.15) is 12.8 Å². The van der Waals surface area contributed by atoms with Gasteiger partial charge >= 0.3 is 0 Å². The van der Waals surface area contributed by atoms with Gasteiger partial charge in [-0.2, -0.15) is 0 Å². The van der Waals surface area contributed by atoms with Gasteiger partial charge in [0.25, 0.3) is 0 Å². The van der Waals surface area contributed by atoms with Crippen molar-refractivity contribution in [2.75, 3.05) is 6.67 Å². The Bertz CT molecular complexity index is 243. The molecule has 0 aliphatic carbocycles. The SMILES string of the molecule is OC(/C=C/c1ccccc1)CF. The van der Waals surface area contributed by atoms with E-state index in [9.17, 15) is 4.39 Å². The summed E-state index contributed by atoms with van der Waals surface area (Å²) in [5.41, 5.74) is 0.963. The van der Waals surface area contributed by atoms with E-state index in [4.69, 9.17) is 5.11 Å². The zero-order valence-electron chi connectivity index (χ0n) is 6.65. The lowest BCUT2D eigenvalue weighted by atomic mass is 10.2. The molecule has 1 unspecified atom stereocenters. The first kappa shape index (κ1) is 8.94. The van der Waals surface area contributed by atoms with Crippen LogP contribution in [0.4, 0.5) is 4.39 Å². The summed E-state index contributed by atoms with van der Waals surface area (Å²) in [6.07, 6.45) is 2.16. The van der Waals surface area contributed by atoms with Gasteiger partial charge in [0.05, 0.1) is 0 Å². The van der Waals surface area contributed by atoms with Gasteiger partial charge in [-0.15, -0.1) is 0 Å². The van der Waals surface area contributed by atoms with Crippen LogP contribution in [0.3, 0.4) is 0 Å². The van der Waals surface area contributed by atoms with Crippen molar-refractivity contribution in [3.05, 3.63) is 42.0 Å². The minimum atomic E-state index is -0.981. The minimum Gasteiger partial charge on any atom is -0.386 e. The molecule has 0 saturated carbocycles. The highest BCUT2D eigenvalue weighted by atomic mass is 19.1. The highest BCUT2D eigenvalue weighted by molar-refractivity contribution is 5.49. The molecule has 1 rings (SSSR count). The largest absolute Gasteiger partial charge is 0.386 e. The van der Waals surface area contributed by atoms with E-state index in [1.807, 2.05) is 30.3 Å². The van der Waals surface area contributed by atoms with Gasteiger partial charge in [0.15, 0.2) is 0 Å². The van der Waals surface area contributed by atoms with E-state index in [1.54, 1.807) is 6.08 Å².